The standard InChI is InChI=1S/C27H29N3O6/c1-3-36-23(32)15-21(19-11-18(12-20(13-19)35-2)16-7-5-4-6-8-16)29-27(34)30-25-22(31)14-17-9-10-28-24(17)26(25)33/h4-8,11-13,21,28,33H,3,9-10,14-15H2,1-2H3,(H2,29,30,34). The molecule has 9 nitrogen and oxygen atoms in total. The number of Topliss-reactive ketones (excluding diaryl/α,β-unsaturated/α-hetero) is 1. The maximum atomic E-state index is 13.0. The van der Waals surface area contributed by atoms with Gasteiger partial charge in [-0.2, -0.15) is 0 Å². The summed E-state index contributed by atoms with van der Waals surface area (Å²) in [7, 11) is 1.54. The molecular formula is C27H29N3O6. The van der Waals surface area contributed by atoms with Crippen LogP contribution in [0.1, 0.15) is 37.8 Å². The molecule has 4 rings (SSSR count). The molecule has 0 aromatic heterocycles. The highest BCUT2D eigenvalue weighted by molar-refractivity contribution is 6.02. The van der Waals surface area contributed by atoms with Gasteiger partial charge < -0.3 is 30.5 Å². The average molecular weight is 492 g/mol. The van der Waals surface area contributed by atoms with Crippen LogP contribution >= 0.6 is 0 Å². The van der Waals surface area contributed by atoms with Crippen LogP contribution in [0.2, 0.25) is 0 Å². The Kier molecular flexibility index (Phi) is 7.58. The molecule has 0 saturated heterocycles. The molecule has 1 unspecified atom stereocenters. The third-order valence-electron chi connectivity index (χ3n) is 6.10. The third kappa shape index (κ3) is 5.51. The molecule has 188 valence electrons. The number of methoxy groups -OCH3 is 1. The van der Waals surface area contributed by atoms with E-state index in [4.69, 9.17) is 9.47 Å². The van der Waals surface area contributed by atoms with Gasteiger partial charge >= 0.3 is 12.0 Å². The number of amides is 2. The Morgan fingerprint density at radius 1 is 1.14 bits per heavy atom. The fraction of sp³-hybridized carbons (Fsp3) is 0.296. The zero-order chi connectivity index (χ0) is 25.7. The van der Waals surface area contributed by atoms with E-state index >= 15 is 0 Å². The lowest BCUT2D eigenvalue weighted by atomic mass is 9.96. The molecule has 0 radical (unpaired) electrons. The summed E-state index contributed by atoms with van der Waals surface area (Å²) in [5, 5.41) is 18.9. The minimum absolute atomic E-state index is 0.130. The van der Waals surface area contributed by atoms with Gasteiger partial charge in [0.1, 0.15) is 11.4 Å². The number of carbonyl (C=O) groups is 3. The highest BCUT2D eigenvalue weighted by Crippen LogP contribution is 2.31. The van der Waals surface area contributed by atoms with Gasteiger partial charge in [-0.15, -0.1) is 0 Å². The minimum Gasteiger partial charge on any atom is -0.504 e. The van der Waals surface area contributed by atoms with Crippen LogP contribution < -0.4 is 20.7 Å². The number of rotatable bonds is 8. The molecule has 0 spiro atoms. The summed E-state index contributed by atoms with van der Waals surface area (Å²) < 4.78 is 10.6. The fourth-order valence-corrected chi connectivity index (χ4v) is 4.37. The van der Waals surface area contributed by atoms with Gasteiger partial charge in [0.2, 0.25) is 0 Å². The number of allylic oxidation sites excluding steroid dienone is 1. The zero-order valence-electron chi connectivity index (χ0n) is 20.2. The van der Waals surface area contributed by atoms with Crippen molar-refractivity contribution >= 4 is 17.8 Å². The predicted octanol–water partition coefficient (Wildman–Crippen LogP) is 3.65. The first-order valence-electron chi connectivity index (χ1n) is 11.8. The van der Waals surface area contributed by atoms with Crippen molar-refractivity contribution < 1.29 is 29.0 Å². The lowest BCUT2D eigenvalue weighted by Crippen LogP contribution is -2.41. The molecule has 1 heterocycles. The summed E-state index contributed by atoms with van der Waals surface area (Å²) in [5.41, 5.74) is 3.54. The average Bonchev–Trinajstić information content (AvgIpc) is 3.35. The Morgan fingerprint density at radius 3 is 2.64 bits per heavy atom. The molecule has 9 heteroatoms. The first-order valence-corrected chi connectivity index (χ1v) is 11.8. The number of aliphatic hydroxyl groups excluding tert-OH is 1. The SMILES string of the molecule is CCOC(=O)CC(NC(=O)NC1=C(O)C2=C(CCN2)CC1=O)c1cc(OC)cc(-c2ccccc2)c1. The molecule has 2 amide bonds. The van der Waals surface area contributed by atoms with Crippen molar-refractivity contribution in [1.29, 1.82) is 0 Å². The van der Waals surface area contributed by atoms with Gasteiger partial charge in [0.15, 0.2) is 11.5 Å². The van der Waals surface area contributed by atoms with Gasteiger partial charge in [-0.1, -0.05) is 30.3 Å². The number of hydrogen-bond acceptors (Lipinski definition) is 7. The predicted molar refractivity (Wildman–Crippen MR) is 133 cm³/mol. The van der Waals surface area contributed by atoms with E-state index in [1.807, 2.05) is 42.5 Å². The molecule has 2 aromatic carbocycles. The largest absolute Gasteiger partial charge is 0.504 e. The van der Waals surface area contributed by atoms with Crippen LogP contribution in [0.5, 0.6) is 5.75 Å². The Morgan fingerprint density at radius 2 is 1.92 bits per heavy atom. The molecule has 4 N–H and O–H groups in total. The summed E-state index contributed by atoms with van der Waals surface area (Å²) in [6.07, 6.45) is 0.662. The summed E-state index contributed by atoms with van der Waals surface area (Å²) in [6, 6.07) is 13.6. The normalized spacial score (nSPS) is 15.7. The van der Waals surface area contributed by atoms with Crippen LogP contribution in [0.3, 0.4) is 0 Å². The summed E-state index contributed by atoms with van der Waals surface area (Å²) in [5.74, 6) is -0.590. The van der Waals surface area contributed by atoms with Crippen molar-refractivity contribution in [2.75, 3.05) is 20.3 Å². The lowest BCUT2D eigenvalue weighted by Gasteiger charge is -2.22. The van der Waals surface area contributed by atoms with Crippen LogP contribution in [0.4, 0.5) is 4.79 Å². The van der Waals surface area contributed by atoms with Crippen LogP contribution in [0, 0.1) is 0 Å². The van der Waals surface area contributed by atoms with Gasteiger partial charge in [0, 0.05) is 13.0 Å². The van der Waals surface area contributed by atoms with Gasteiger partial charge in [-0.3, -0.25) is 9.59 Å². The second-order valence-electron chi connectivity index (χ2n) is 8.50. The number of benzene rings is 2. The molecule has 2 aliphatic rings. The van der Waals surface area contributed by atoms with Gasteiger partial charge in [-0.25, -0.2) is 4.79 Å². The van der Waals surface area contributed by atoms with E-state index in [1.165, 1.54) is 7.11 Å². The van der Waals surface area contributed by atoms with E-state index in [2.05, 4.69) is 16.0 Å². The topological polar surface area (TPSA) is 126 Å². The van der Waals surface area contributed by atoms with Gasteiger partial charge in [0.25, 0.3) is 0 Å². The number of ketones is 1. The quantitative estimate of drug-likeness (QED) is 0.415. The van der Waals surface area contributed by atoms with Crippen molar-refractivity contribution in [1.82, 2.24) is 16.0 Å². The molecule has 36 heavy (non-hydrogen) atoms. The molecule has 1 atom stereocenters. The number of esters is 1. The summed E-state index contributed by atoms with van der Waals surface area (Å²) in [4.78, 5) is 38.0. The van der Waals surface area contributed by atoms with E-state index < -0.39 is 18.0 Å². The van der Waals surface area contributed by atoms with Crippen molar-refractivity contribution in [3.8, 4) is 16.9 Å². The second kappa shape index (κ2) is 11.0. The van der Waals surface area contributed by atoms with E-state index in [0.29, 0.717) is 30.0 Å². The molecule has 0 bridgehead atoms. The number of hydrogen-bond donors (Lipinski definition) is 4. The Hall–Kier alpha value is -4.27. The maximum Gasteiger partial charge on any atom is 0.319 e. The molecule has 0 fully saturated rings. The third-order valence-corrected chi connectivity index (χ3v) is 6.10. The van der Waals surface area contributed by atoms with E-state index in [1.54, 1.807) is 13.0 Å². The van der Waals surface area contributed by atoms with Crippen LogP contribution in [0.25, 0.3) is 11.1 Å². The molecule has 1 aliphatic heterocycles. The van der Waals surface area contributed by atoms with Crippen LogP contribution in [-0.2, 0) is 14.3 Å². The smallest absolute Gasteiger partial charge is 0.319 e. The highest BCUT2D eigenvalue weighted by Gasteiger charge is 2.32. The molecular weight excluding hydrogens is 462 g/mol. The Labute approximate surface area is 209 Å². The number of aliphatic hydroxyl groups is 1. The van der Waals surface area contributed by atoms with Crippen molar-refractivity contribution in [2.24, 2.45) is 0 Å². The van der Waals surface area contributed by atoms with E-state index in [0.717, 1.165) is 16.7 Å². The zero-order valence-corrected chi connectivity index (χ0v) is 20.2. The minimum atomic E-state index is -0.789. The number of urea groups is 1. The van der Waals surface area contributed by atoms with Crippen molar-refractivity contribution in [3.63, 3.8) is 0 Å². The van der Waals surface area contributed by atoms with Crippen molar-refractivity contribution in [3.05, 3.63) is 76.8 Å². The Balaban J connectivity index is 1.62. The molecule has 0 saturated carbocycles. The van der Waals surface area contributed by atoms with Gasteiger partial charge in [0.05, 0.1) is 31.9 Å². The number of carbonyl (C=O) groups excluding carboxylic acids is 3. The Bertz CT molecular complexity index is 1240. The maximum absolute atomic E-state index is 13.0. The number of nitrogens with one attached hydrogen (secondary N) is 3. The summed E-state index contributed by atoms with van der Waals surface area (Å²) >= 11 is 0. The lowest BCUT2D eigenvalue weighted by molar-refractivity contribution is -0.143. The van der Waals surface area contributed by atoms with Crippen LogP contribution in [-0.4, -0.2) is 43.2 Å². The second-order valence-corrected chi connectivity index (χ2v) is 8.50. The first kappa shape index (κ1) is 24.8. The van der Waals surface area contributed by atoms with Crippen molar-refractivity contribution in [2.45, 2.75) is 32.2 Å². The molecule has 1 aliphatic carbocycles. The summed E-state index contributed by atoms with van der Waals surface area (Å²) in [6.45, 7) is 2.53. The highest BCUT2D eigenvalue weighted by atomic mass is 16.5. The van der Waals surface area contributed by atoms with Gasteiger partial charge in [-0.05, 0) is 53.8 Å². The van der Waals surface area contributed by atoms with E-state index in [-0.39, 0.29) is 36.7 Å². The number of ether oxygens (including phenoxy) is 2. The monoisotopic (exact) mass is 491 g/mol. The molecule has 2 aromatic rings. The fourth-order valence-electron chi connectivity index (χ4n) is 4.37. The first-order chi connectivity index (χ1) is 17.4. The van der Waals surface area contributed by atoms with E-state index in [9.17, 15) is 19.5 Å². The van der Waals surface area contributed by atoms with Crippen LogP contribution in [0.15, 0.2) is 71.3 Å².